The third-order valence-corrected chi connectivity index (χ3v) is 1.31. The van der Waals surface area contributed by atoms with Crippen LogP contribution in [0.25, 0.3) is 0 Å². The van der Waals surface area contributed by atoms with Crippen LogP contribution in [-0.4, -0.2) is 12.0 Å². The van der Waals surface area contributed by atoms with E-state index in [2.05, 4.69) is 11.4 Å². The number of nitrogens with one attached hydrogen (secondary N) is 1. The average Bonchev–Trinajstić information content (AvgIpc) is 2.04. The quantitative estimate of drug-likeness (QED) is 0.514. The summed E-state index contributed by atoms with van der Waals surface area (Å²) in [5, 5.41) is 13.0. The zero-order valence-corrected chi connectivity index (χ0v) is 6.00. The van der Waals surface area contributed by atoms with E-state index in [0.29, 0.717) is 5.69 Å². The minimum absolute atomic E-state index is 0.0509. The van der Waals surface area contributed by atoms with Gasteiger partial charge in [-0.2, -0.15) is 0 Å². The van der Waals surface area contributed by atoms with E-state index in [1.165, 1.54) is 6.07 Å². The van der Waals surface area contributed by atoms with Crippen LogP contribution in [0.15, 0.2) is 18.2 Å². The molecular formula is C7H7N2O2. The molecule has 57 valence electrons. The van der Waals surface area contributed by atoms with Gasteiger partial charge >= 0.3 is 0 Å². The van der Waals surface area contributed by atoms with Crippen LogP contribution in [0.3, 0.4) is 0 Å². The summed E-state index contributed by atoms with van der Waals surface area (Å²) in [6.07, 6.45) is 0. The Kier molecular flexibility index (Phi) is 2.06. The van der Waals surface area contributed by atoms with Crippen molar-refractivity contribution in [3.05, 3.63) is 34.4 Å². The molecule has 0 atom stereocenters. The molecule has 0 amide bonds. The Bertz CT molecular complexity index is 273. The lowest BCUT2D eigenvalue weighted by Crippen LogP contribution is -1.95. The molecule has 0 saturated heterocycles. The zero-order chi connectivity index (χ0) is 8.27. The predicted molar refractivity (Wildman–Crippen MR) is 41.5 cm³/mol. The second-order valence-corrected chi connectivity index (χ2v) is 1.95. The molecule has 11 heavy (non-hydrogen) atoms. The largest absolute Gasteiger partial charge is 0.383 e. The van der Waals surface area contributed by atoms with Crippen molar-refractivity contribution in [2.24, 2.45) is 0 Å². The lowest BCUT2D eigenvalue weighted by Gasteiger charge is -1.98. The van der Waals surface area contributed by atoms with Crippen molar-refractivity contribution in [3.63, 3.8) is 0 Å². The Labute approximate surface area is 64.0 Å². The van der Waals surface area contributed by atoms with Crippen molar-refractivity contribution >= 4 is 11.4 Å². The van der Waals surface area contributed by atoms with Gasteiger partial charge in [-0.05, 0) is 12.1 Å². The van der Waals surface area contributed by atoms with Crippen molar-refractivity contribution in [2.45, 2.75) is 0 Å². The van der Waals surface area contributed by atoms with E-state index < -0.39 is 4.92 Å². The molecule has 1 radical (unpaired) electrons. The molecule has 1 rings (SSSR count). The molecule has 0 fully saturated rings. The summed E-state index contributed by atoms with van der Waals surface area (Å²) in [4.78, 5) is 9.88. The Balaban J connectivity index is 3.12. The Morgan fingerprint density at radius 1 is 1.73 bits per heavy atom. The molecule has 0 aliphatic carbocycles. The monoisotopic (exact) mass is 151 g/mol. The van der Waals surface area contributed by atoms with Gasteiger partial charge in [0.25, 0.3) is 5.69 Å². The van der Waals surface area contributed by atoms with Crippen LogP contribution in [0, 0.1) is 16.2 Å². The maximum absolute atomic E-state index is 10.3. The van der Waals surface area contributed by atoms with Gasteiger partial charge in [-0.3, -0.25) is 10.1 Å². The summed E-state index contributed by atoms with van der Waals surface area (Å²) in [6.45, 7) is 0. The topological polar surface area (TPSA) is 55.2 Å². The molecule has 0 aromatic heterocycles. The first kappa shape index (κ1) is 7.53. The molecule has 1 aromatic rings. The van der Waals surface area contributed by atoms with Crippen LogP contribution >= 0.6 is 0 Å². The van der Waals surface area contributed by atoms with Crippen LogP contribution in [0.5, 0.6) is 0 Å². The molecule has 4 heteroatoms. The average molecular weight is 151 g/mol. The molecule has 4 nitrogen and oxygen atoms in total. The van der Waals surface area contributed by atoms with E-state index in [1.54, 1.807) is 19.2 Å². The molecule has 0 aliphatic rings. The first-order valence-electron chi connectivity index (χ1n) is 3.08. The number of hydrogen-bond donors (Lipinski definition) is 1. The SMILES string of the molecule is CNc1cc[c]cc1[N+](=O)[O-]. The van der Waals surface area contributed by atoms with Crippen LogP contribution in [0.4, 0.5) is 11.4 Å². The molecule has 0 bridgehead atoms. The highest BCUT2D eigenvalue weighted by Gasteiger charge is 2.09. The number of hydrogen-bond acceptors (Lipinski definition) is 3. The standard InChI is InChI=1S/C7H7N2O2/c1-8-6-4-2-3-5-7(6)9(10)11/h2,4-5,8H,1H3. The highest BCUT2D eigenvalue weighted by molar-refractivity contribution is 5.60. The Hall–Kier alpha value is -1.58. The van der Waals surface area contributed by atoms with Gasteiger partial charge < -0.3 is 5.32 Å². The van der Waals surface area contributed by atoms with Crippen LogP contribution in [0.2, 0.25) is 0 Å². The van der Waals surface area contributed by atoms with Gasteiger partial charge in [0.1, 0.15) is 5.69 Å². The number of nitrogens with zero attached hydrogens (tertiary/aromatic N) is 1. The fourth-order valence-electron chi connectivity index (χ4n) is 0.784. The van der Waals surface area contributed by atoms with E-state index in [-0.39, 0.29) is 5.69 Å². The van der Waals surface area contributed by atoms with Crippen molar-refractivity contribution < 1.29 is 4.92 Å². The van der Waals surface area contributed by atoms with E-state index in [4.69, 9.17) is 0 Å². The van der Waals surface area contributed by atoms with Crippen LogP contribution in [-0.2, 0) is 0 Å². The van der Waals surface area contributed by atoms with Gasteiger partial charge in [0.2, 0.25) is 0 Å². The van der Waals surface area contributed by atoms with Gasteiger partial charge in [0, 0.05) is 13.1 Å². The third kappa shape index (κ3) is 1.46. The second-order valence-electron chi connectivity index (χ2n) is 1.95. The second kappa shape index (κ2) is 3.01. The third-order valence-electron chi connectivity index (χ3n) is 1.31. The number of benzene rings is 1. The number of nitro groups is 1. The van der Waals surface area contributed by atoms with E-state index in [9.17, 15) is 10.1 Å². The Morgan fingerprint density at radius 3 is 2.91 bits per heavy atom. The van der Waals surface area contributed by atoms with Crippen LogP contribution < -0.4 is 5.32 Å². The Morgan fingerprint density at radius 2 is 2.45 bits per heavy atom. The van der Waals surface area contributed by atoms with Crippen molar-refractivity contribution in [2.75, 3.05) is 12.4 Å². The molecule has 0 saturated carbocycles. The van der Waals surface area contributed by atoms with E-state index in [1.807, 2.05) is 0 Å². The summed E-state index contributed by atoms with van der Waals surface area (Å²) in [6, 6.07) is 7.21. The van der Waals surface area contributed by atoms with Crippen molar-refractivity contribution in [1.82, 2.24) is 0 Å². The molecule has 1 aromatic carbocycles. The zero-order valence-electron chi connectivity index (χ0n) is 6.00. The van der Waals surface area contributed by atoms with E-state index in [0.717, 1.165) is 0 Å². The molecule has 0 heterocycles. The number of anilines is 1. The molecule has 1 N–H and O–H groups in total. The smallest absolute Gasteiger partial charge is 0.292 e. The first-order chi connectivity index (χ1) is 5.25. The summed E-state index contributed by atoms with van der Waals surface area (Å²) in [5.41, 5.74) is 0.559. The van der Waals surface area contributed by atoms with Gasteiger partial charge in [-0.15, -0.1) is 0 Å². The van der Waals surface area contributed by atoms with Gasteiger partial charge in [0.05, 0.1) is 4.92 Å². The van der Waals surface area contributed by atoms with Crippen molar-refractivity contribution in [1.29, 1.82) is 0 Å². The minimum atomic E-state index is -0.442. The molecular weight excluding hydrogens is 144 g/mol. The lowest BCUT2D eigenvalue weighted by molar-refractivity contribution is -0.384. The maximum atomic E-state index is 10.3. The summed E-state index contributed by atoms with van der Waals surface area (Å²) in [7, 11) is 1.64. The number of rotatable bonds is 2. The maximum Gasteiger partial charge on any atom is 0.292 e. The molecule has 0 spiro atoms. The van der Waals surface area contributed by atoms with Gasteiger partial charge in [-0.25, -0.2) is 0 Å². The highest BCUT2D eigenvalue weighted by Crippen LogP contribution is 2.21. The molecule has 0 unspecified atom stereocenters. The van der Waals surface area contributed by atoms with Gasteiger partial charge in [0.15, 0.2) is 0 Å². The van der Waals surface area contributed by atoms with Crippen LogP contribution in [0.1, 0.15) is 0 Å². The number of nitro benzene ring substituents is 1. The van der Waals surface area contributed by atoms with Gasteiger partial charge in [-0.1, -0.05) is 6.07 Å². The summed E-state index contributed by atoms with van der Waals surface area (Å²) >= 11 is 0. The van der Waals surface area contributed by atoms with Crippen molar-refractivity contribution in [3.8, 4) is 0 Å². The predicted octanol–water partition coefficient (Wildman–Crippen LogP) is 1.44. The fraction of sp³-hybridized carbons (Fsp3) is 0.143. The summed E-state index contributed by atoms with van der Waals surface area (Å²) in [5.74, 6) is 0. The minimum Gasteiger partial charge on any atom is -0.383 e. The highest BCUT2D eigenvalue weighted by atomic mass is 16.6. The first-order valence-corrected chi connectivity index (χ1v) is 3.08. The fourth-order valence-corrected chi connectivity index (χ4v) is 0.784. The lowest BCUT2D eigenvalue weighted by atomic mass is 10.3. The van der Waals surface area contributed by atoms with E-state index >= 15 is 0 Å². The normalized spacial score (nSPS) is 9.18. The summed E-state index contributed by atoms with van der Waals surface area (Å²) < 4.78 is 0. The molecule has 0 aliphatic heterocycles.